The van der Waals surface area contributed by atoms with Crippen molar-refractivity contribution in [2.24, 2.45) is 0 Å². The standard InChI is InChI=1S/C11H12ClN3O6/c12-10-8(11(17)13-3-1-2-4-16)5-7(14(18)19)6-9(10)15(20)21/h5-6,16H,1-4H2,(H,13,17). The van der Waals surface area contributed by atoms with Crippen molar-refractivity contribution in [1.29, 1.82) is 0 Å². The first kappa shape index (κ1) is 16.8. The van der Waals surface area contributed by atoms with Gasteiger partial charge in [-0.1, -0.05) is 11.6 Å². The van der Waals surface area contributed by atoms with Gasteiger partial charge in [-0.15, -0.1) is 0 Å². The molecule has 0 spiro atoms. The van der Waals surface area contributed by atoms with E-state index in [0.717, 1.165) is 6.07 Å². The number of amides is 1. The SMILES string of the molecule is O=C(NCCCCO)c1cc([N+](=O)[O-])cc([N+](=O)[O-])c1Cl. The largest absolute Gasteiger partial charge is 0.396 e. The maximum absolute atomic E-state index is 11.9. The fourth-order valence-electron chi connectivity index (χ4n) is 1.53. The molecule has 0 heterocycles. The Morgan fingerprint density at radius 3 is 2.43 bits per heavy atom. The van der Waals surface area contributed by atoms with Crippen LogP contribution in [0.25, 0.3) is 0 Å². The smallest absolute Gasteiger partial charge is 0.295 e. The Morgan fingerprint density at radius 2 is 1.90 bits per heavy atom. The van der Waals surface area contributed by atoms with Crippen LogP contribution in [-0.4, -0.2) is 34.0 Å². The maximum atomic E-state index is 11.9. The van der Waals surface area contributed by atoms with Crippen LogP contribution in [0, 0.1) is 20.2 Å². The van der Waals surface area contributed by atoms with E-state index in [1.807, 2.05) is 0 Å². The van der Waals surface area contributed by atoms with Crippen LogP contribution in [0.3, 0.4) is 0 Å². The van der Waals surface area contributed by atoms with Crippen molar-refractivity contribution in [3.63, 3.8) is 0 Å². The van der Waals surface area contributed by atoms with E-state index in [4.69, 9.17) is 16.7 Å². The number of rotatable bonds is 7. The summed E-state index contributed by atoms with van der Waals surface area (Å²) in [5, 5.41) is 32.1. The lowest BCUT2D eigenvalue weighted by Gasteiger charge is -2.06. The van der Waals surface area contributed by atoms with Crippen LogP contribution in [0.15, 0.2) is 12.1 Å². The maximum Gasteiger partial charge on any atom is 0.295 e. The van der Waals surface area contributed by atoms with Crippen molar-refractivity contribution in [3.8, 4) is 0 Å². The molecule has 0 radical (unpaired) electrons. The minimum atomic E-state index is -0.891. The molecule has 1 rings (SSSR count). The molecule has 0 aliphatic heterocycles. The molecule has 0 aromatic heterocycles. The number of aliphatic hydroxyl groups excluding tert-OH is 1. The first-order valence-electron chi connectivity index (χ1n) is 5.90. The molecule has 9 nitrogen and oxygen atoms in total. The van der Waals surface area contributed by atoms with E-state index in [0.29, 0.717) is 18.9 Å². The fraction of sp³-hybridized carbons (Fsp3) is 0.364. The molecule has 0 unspecified atom stereocenters. The Balaban J connectivity index is 3.07. The average Bonchev–Trinajstić information content (AvgIpc) is 2.43. The van der Waals surface area contributed by atoms with Crippen molar-refractivity contribution in [3.05, 3.63) is 42.9 Å². The summed E-state index contributed by atoms with van der Waals surface area (Å²) in [6.07, 6.45) is 0.972. The first-order chi connectivity index (χ1) is 9.88. The van der Waals surface area contributed by atoms with E-state index in [-0.39, 0.29) is 18.7 Å². The van der Waals surface area contributed by atoms with Gasteiger partial charge in [0.15, 0.2) is 0 Å². The number of hydrogen-bond donors (Lipinski definition) is 2. The zero-order chi connectivity index (χ0) is 16.0. The molecule has 0 aliphatic carbocycles. The third kappa shape index (κ3) is 4.36. The van der Waals surface area contributed by atoms with Gasteiger partial charge >= 0.3 is 0 Å². The first-order valence-corrected chi connectivity index (χ1v) is 6.27. The zero-order valence-corrected chi connectivity index (χ0v) is 11.5. The van der Waals surface area contributed by atoms with Crippen LogP contribution >= 0.6 is 11.6 Å². The van der Waals surface area contributed by atoms with Gasteiger partial charge in [0.2, 0.25) is 0 Å². The van der Waals surface area contributed by atoms with Crippen molar-refractivity contribution in [1.82, 2.24) is 5.32 Å². The van der Waals surface area contributed by atoms with Crippen molar-refractivity contribution in [2.45, 2.75) is 12.8 Å². The zero-order valence-electron chi connectivity index (χ0n) is 10.7. The highest BCUT2D eigenvalue weighted by atomic mass is 35.5. The van der Waals surface area contributed by atoms with Gasteiger partial charge in [-0.2, -0.15) is 0 Å². The number of nitro groups is 2. The number of nitro benzene ring substituents is 2. The second-order valence-electron chi connectivity index (χ2n) is 4.03. The Bertz CT molecular complexity index is 577. The van der Waals surface area contributed by atoms with E-state index >= 15 is 0 Å². The summed E-state index contributed by atoms with van der Waals surface area (Å²) < 4.78 is 0. The van der Waals surface area contributed by atoms with E-state index < -0.39 is 32.2 Å². The van der Waals surface area contributed by atoms with Crippen LogP contribution in [0.5, 0.6) is 0 Å². The third-order valence-electron chi connectivity index (χ3n) is 2.56. The Morgan fingerprint density at radius 1 is 1.24 bits per heavy atom. The highest BCUT2D eigenvalue weighted by Gasteiger charge is 2.26. The molecule has 0 atom stereocenters. The summed E-state index contributed by atoms with van der Waals surface area (Å²) in [6.45, 7) is 0.186. The summed E-state index contributed by atoms with van der Waals surface area (Å²) >= 11 is 5.75. The number of carbonyl (C=O) groups is 1. The number of unbranched alkanes of at least 4 members (excludes halogenated alkanes) is 1. The van der Waals surface area contributed by atoms with E-state index in [1.54, 1.807) is 0 Å². The summed E-state index contributed by atoms with van der Waals surface area (Å²) in [5.74, 6) is -0.746. The lowest BCUT2D eigenvalue weighted by molar-refractivity contribution is -0.394. The highest BCUT2D eigenvalue weighted by molar-refractivity contribution is 6.36. The van der Waals surface area contributed by atoms with Crippen LogP contribution in [-0.2, 0) is 0 Å². The quantitative estimate of drug-likeness (QED) is 0.446. The average molecular weight is 318 g/mol. The molecule has 0 saturated carbocycles. The molecular weight excluding hydrogens is 306 g/mol. The van der Waals surface area contributed by atoms with Crippen LogP contribution in [0.4, 0.5) is 11.4 Å². The molecule has 0 fully saturated rings. The molecule has 21 heavy (non-hydrogen) atoms. The number of halogens is 1. The number of hydrogen-bond acceptors (Lipinski definition) is 6. The summed E-state index contributed by atoms with van der Waals surface area (Å²) in [5.41, 5.74) is -1.63. The van der Waals surface area contributed by atoms with Crippen molar-refractivity contribution < 1.29 is 19.7 Å². The van der Waals surface area contributed by atoms with E-state index in [1.165, 1.54) is 0 Å². The molecule has 2 N–H and O–H groups in total. The van der Waals surface area contributed by atoms with Gasteiger partial charge in [0.25, 0.3) is 17.3 Å². The minimum Gasteiger partial charge on any atom is -0.396 e. The van der Waals surface area contributed by atoms with Gasteiger partial charge in [0.1, 0.15) is 5.02 Å². The number of benzene rings is 1. The van der Waals surface area contributed by atoms with Gasteiger partial charge in [-0.25, -0.2) is 0 Å². The van der Waals surface area contributed by atoms with Gasteiger partial charge < -0.3 is 10.4 Å². The van der Waals surface area contributed by atoms with E-state index in [2.05, 4.69) is 5.32 Å². The molecule has 1 aromatic rings. The molecule has 0 saturated heterocycles. The molecule has 0 bridgehead atoms. The summed E-state index contributed by atoms with van der Waals surface area (Å²) in [6, 6.07) is 1.58. The highest BCUT2D eigenvalue weighted by Crippen LogP contribution is 2.32. The molecule has 1 aromatic carbocycles. The summed E-state index contributed by atoms with van der Waals surface area (Å²) in [7, 11) is 0. The van der Waals surface area contributed by atoms with E-state index in [9.17, 15) is 25.0 Å². The van der Waals surface area contributed by atoms with Crippen molar-refractivity contribution in [2.75, 3.05) is 13.2 Å². The Labute approximate surface area is 123 Å². The van der Waals surface area contributed by atoms with Crippen LogP contribution in [0.2, 0.25) is 5.02 Å². The van der Waals surface area contributed by atoms with Crippen LogP contribution in [0.1, 0.15) is 23.2 Å². The van der Waals surface area contributed by atoms with Crippen molar-refractivity contribution >= 4 is 28.9 Å². The van der Waals surface area contributed by atoms with Gasteiger partial charge in [0.05, 0.1) is 21.5 Å². The molecule has 1 amide bonds. The topological polar surface area (TPSA) is 136 Å². The van der Waals surface area contributed by atoms with Gasteiger partial charge in [-0.3, -0.25) is 25.0 Å². The Kier molecular flexibility index (Phi) is 6.00. The number of carbonyl (C=O) groups excluding carboxylic acids is 1. The molecule has 10 heteroatoms. The Hall–Kier alpha value is -2.26. The monoisotopic (exact) mass is 317 g/mol. The summed E-state index contributed by atoms with van der Waals surface area (Å²) in [4.78, 5) is 31.7. The van der Waals surface area contributed by atoms with Gasteiger partial charge in [-0.05, 0) is 12.8 Å². The normalized spacial score (nSPS) is 10.2. The second kappa shape index (κ2) is 7.50. The fourth-order valence-corrected chi connectivity index (χ4v) is 1.80. The number of aliphatic hydroxyl groups is 1. The third-order valence-corrected chi connectivity index (χ3v) is 2.96. The predicted molar refractivity (Wildman–Crippen MR) is 73.4 cm³/mol. The predicted octanol–water partition coefficient (Wildman–Crippen LogP) is 1.66. The molecular formula is C11H12ClN3O6. The lowest BCUT2D eigenvalue weighted by Crippen LogP contribution is -2.25. The number of nitrogens with zero attached hydrogens (tertiary/aromatic N) is 2. The lowest BCUT2D eigenvalue weighted by atomic mass is 10.1. The number of nitrogens with one attached hydrogen (secondary N) is 1. The van der Waals surface area contributed by atoms with Crippen LogP contribution < -0.4 is 5.32 Å². The second-order valence-corrected chi connectivity index (χ2v) is 4.41. The number of non-ortho nitro benzene ring substituents is 1. The van der Waals surface area contributed by atoms with Gasteiger partial charge in [0, 0.05) is 19.2 Å². The molecule has 114 valence electrons. The minimum absolute atomic E-state index is 0.0289. The molecule has 0 aliphatic rings.